The number of nitrogens with zero attached hydrogens (tertiary/aromatic N) is 2. The van der Waals surface area contributed by atoms with Gasteiger partial charge in [0.2, 0.25) is 0 Å². The topological polar surface area (TPSA) is 71.4 Å². The zero-order valence-electron chi connectivity index (χ0n) is 12.5. The number of carbonyl (C=O) groups is 3. The first-order chi connectivity index (χ1) is 10.6. The second-order valence-corrected chi connectivity index (χ2v) is 5.65. The lowest BCUT2D eigenvalue weighted by Gasteiger charge is -2.31. The predicted molar refractivity (Wildman–Crippen MR) is 80.7 cm³/mol. The van der Waals surface area contributed by atoms with Crippen molar-refractivity contribution in [3.05, 3.63) is 29.6 Å². The van der Waals surface area contributed by atoms with E-state index in [4.69, 9.17) is 0 Å². The summed E-state index contributed by atoms with van der Waals surface area (Å²) in [5.74, 6) is -1.10. The van der Waals surface area contributed by atoms with Crippen molar-refractivity contribution in [1.29, 1.82) is 0 Å². The minimum Gasteiger partial charge on any atom is -0.348 e. The van der Waals surface area contributed by atoms with Gasteiger partial charge in [-0.05, 0) is 38.0 Å². The van der Waals surface area contributed by atoms with Gasteiger partial charge in [0.25, 0.3) is 11.8 Å². The molecule has 2 fully saturated rings. The summed E-state index contributed by atoms with van der Waals surface area (Å²) in [5.41, 5.74) is 0.807. The van der Waals surface area contributed by atoms with Crippen molar-refractivity contribution < 1.29 is 14.4 Å². The molecule has 0 radical (unpaired) electrons. The molecule has 0 bridgehead atoms. The Bertz CT molecular complexity index is 653. The van der Waals surface area contributed by atoms with Crippen LogP contribution in [0.1, 0.15) is 38.3 Å². The van der Waals surface area contributed by atoms with E-state index in [-0.39, 0.29) is 11.6 Å². The van der Waals surface area contributed by atoms with Crippen LogP contribution >= 0.6 is 0 Å². The molecule has 4 amide bonds. The van der Waals surface area contributed by atoms with Crippen molar-refractivity contribution in [2.24, 2.45) is 0 Å². The van der Waals surface area contributed by atoms with Gasteiger partial charge in [-0.25, -0.2) is 4.79 Å². The summed E-state index contributed by atoms with van der Waals surface area (Å²) in [7, 11) is 0. The lowest BCUT2D eigenvalue weighted by Crippen LogP contribution is -2.57. The summed E-state index contributed by atoms with van der Waals surface area (Å²) in [5, 5.41) is 2.29. The molecule has 116 valence electrons. The van der Waals surface area contributed by atoms with E-state index in [1.165, 1.54) is 4.90 Å². The number of barbiturate groups is 1. The highest BCUT2D eigenvalue weighted by molar-refractivity contribution is 6.31. The Morgan fingerprint density at radius 1 is 1.27 bits per heavy atom. The van der Waals surface area contributed by atoms with Gasteiger partial charge in [-0.2, -0.15) is 0 Å². The molecule has 0 unspecified atom stereocenters. The largest absolute Gasteiger partial charge is 0.348 e. The molecule has 2 aliphatic rings. The first-order valence-corrected chi connectivity index (χ1v) is 7.67. The average Bonchev–Trinajstić information content (AvgIpc) is 3.14. The van der Waals surface area contributed by atoms with E-state index >= 15 is 0 Å². The molecule has 6 heteroatoms. The van der Waals surface area contributed by atoms with Crippen molar-refractivity contribution in [2.45, 2.75) is 45.2 Å². The highest BCUT2D eigenvalue weighted by atomic mass is 16.2. The highest BCUT2D eigenvalue weighted by Crippen LogP contribution is 2.27. The molecule has 22 heavy (non-hydrogen) atoms. The fraction of sp³-hybridized carbons (Fsp3) is 0.438. The third-order valence-electron chi connectivity index (χ3n) is 4.32. The van der Waals surface area contributed by atoms with Crippen LogP contribution in [-0.4, -0.2) is 33.4 Å². The maximum absolute atomic E-state index is 12.6. The summed E-state index contributed by atoms with van der Waals surface area (Å²) in [6, 6.07) is 3.01. The minimum atomic E-state index is -0.617. The van der Waals surface area contributed by atoms with E-state index in [2.05, 4.69) is 5.32 Å². The fourth-order valence-corrected chi connectivity index (χ4v) is 3.16. The monoisotopic (exact) mass is 301 g/mol. The molecule has 0 spiro atoms. The second kappa shape index (κ2) is 5.79. The van der Waals surface area contributed by atoms with Crippen LogP contribution in [0.5, 0.6) is 0 Å². The van der Waals surface area contributed by atoms with Crippen molar-refractivity contribution in [3.8, 4) is 0 Å². The molecule has 1 saturated carbocycles. The summed E-state index contributed by atoms with van der Waals surface area (Å²) in [6.45, 7) is 2.73. The molecule has 1 aromatic heterocycles. The van der Waals surface area contributed by atoms with E-state index in [0.29, 0.717) is 0 Å². The summed E-state index contributed by atoms with van der Waals surface area (Å²) < 4.78 is 1.93. The standard InChI is InChI=1S/C16H19N3O3/c1-2-18-9-5-8-12(18)10-13-14(20)17-16(22)19(15(13)21)11-6-3-4-7-11/h5,8-11H,2-4,6-7H2,1H3,(H,17,20,22)/b13-10+. The lowest BCUT2D eigenvalue weighted by molar-refractivity contribution is -0.131. The van der Waals surface area contributed by atoms with Gasteiger partial charge in [-0.15, -0.1) is 0 Å². The van der Waals surface area contributed by atoms with Gasteiger partial charge < -0.3 is 4.57 Å². The lowest BCUT2D eigenvalue weighted by atomic mass is 10.1. The van der Waals surface area contributed by atoms with Crippen molar-refractivity contribution in [1.82, 2.24) is 14.8 Å². The number of aromatic nitrogens is 1. The SMILES string of the molecule is CCn1cccc1/C=C1\C(=O)NC(=O)N(C2CCCC2)C1=O. The molecule has 2 heterocycles. The molecule has 3 rings (SSSR count). The van der Waals surface area contributed by atoms with Crippen LogP contribution in [-0.2, 0) is 16.1 Å². The molecule has 1 saturated heterocycles. The number of hydrogen-bond acceptors (Lipinski definition) is 3. The van der Waals surface area contributed by atoms with Gasteiger partial charge in [0.05, 0.1) is 0 Å². The molecule has 1 aliphatic carbocycles. The molecule has 1 aromatic rings. The van der Waals surface area contributed by atoms with Gasteiger partial charge in [-0.3, -0.25) is 19.8 Å². The van der Waals surface area contributed by atoms with Crippen LogP contribution in [0.2, 0.25) is 0 Å². The molecule has 0 aromatic carbocycles. The first-order valence-electron chi connectivity index (χ1n) is 7.67. The molecule has 1 N–H and O–H groups in total. The number of urea groups is 1. The van der Waals surface area contributed by atoms with Crippen LogP contribution in [0.25, 0.3) is 6.08 Å². The Labute approximate surface area is 128 Å². The van der Waals surface area contributed by atoms with Gasteiger partial charge >= 0.3 is 6.03 Å². The van der Waals surface area contributed by atoms with E-state index in [9.17, 15) is 14.4 Å². The third kappa shape index (κ3) is 2.45. The van der Waals surface area contributed by atoms with Gasteiger partial charge in [0.1, 0.15) is 5.57 Å². The molecule has 1 aliphatic heterocycles. The number of aryl methyl sites for hydroxylation is 1. The van der Waals surface area contributed by atoms with E-state index in [1.807, 2.05) is 29.8 Å². The Morgan fingerprint density at radius 2 is 2.00 bits per heavy atom. The zero-order valence-corrected chi connectivity index (χ0v) is 12.5. The Hall–Kier alpha value is -2.37. The van der Waals surface area contributed by atoms with Gasteiger partial charge in [-0.1, -0.05) is 12.8 Å². The van der Waals surface area contributed by atoms with Crippen LogP contribution in [0.15, 0.2) is 23.9 Å². The number of nitrogens with one attached hydrogen (secondary N) is 1. The van der Waals surface area contributed by atoms with E-state index < -0.39 is 17.8 Å². The van der Waals surface area contributed by atoms with Crippen LogP contribution in [0, 0.1) is 0 Å². The fourth-order valence-electron chi connectivity index (χ4n) is 3.16. The number of rotatable bonds is 3. The van der Waals surface area contributed by atoms with Crippen LogP contribution < -0.4 is 5.32 Å². The maximum Gasteiger partial charge on any atom is 0.331 e. The van der Waals surface area contributed by atoms with Crippen molar-refractivity contribution >= 4 is 23.9 Å². The summed E-state index contributed by atoms with van der Waals surface area (Å²) >= 11 is 0. The number of amides is 4. The zero-order chi connectivity index (χ0) is 15.7. The second-order valence-electron chi connectivity index (χ2n) is 5.65. The first kappa shape index (κ1) is 14.6. The molecule has 6 nitrogen and oxygen atoms in total. The number of carbonyl (C=O) groups excluding carboxylic acids is 3. The van der Waals surface area contributed by atoms with Crippen LogP contribution in [0.3, 0.4) is 0 Å². The van der Waals surface area contributed by atoms with Crippen molar-refractivity contribution in [3.63, 3.8) is 0 Å². The maximum atomic E-state index is 12.6. The summed E-state index contributed by atoms with van der Waals surface area (Å²) in [4.78, 5) is 37.9. The molecular formula is C16H19N3O3. The average molecular weight is 301 g/mol. The third-order valence-corrected chi connectivity index (χ3v) is 4.32. The Kier molecular flexibility index (Phi) is 3.83. The predicted octanol–water partition coefficient (Wildman–Crippen LogP) is 1.91. The van der Waals surface area contributed by atoms with Crippen molar-refractivity contribution in [2.75, 3.05) is 0 Å². The summed E-state index contributed by atoms with van der Waals surface area (Å²) in [6.07, 6.45) is 7.09. The molecule has 0 atom stereocenters. The minimum absolute atomic E-state index is 0.0277. The smallest absolute Gasteiger partial charge is 0.331 e. The van der Waals surface area contributed by atoms with Gasteiger partial charge in [0, 0.05) is 24.5 Å². The molecular weight excluding hydrogens is 282 g/mol. The quantitative estimate of drug-likeness (QED) is 0.685. The normalized spacial score (nSPS) is 21.8. The van der Waals surface area contributed by atoms with E-state index in [0.717, 1.165) is 37.9 Å². The Morgan fingerprint density at radius 3 is 2.68 bits per heavy atom. The van der Waals surface area contributed by atoms with E-state index in [1.54, 1.807) is 6.08 Å². The van der Waals surface area contributed by atoms with Crippen LogP contribution in [0.4, 0.5) is 4.79 Å². The number of hydrogen-bond donors (Lipinski definition) is 1. The highest BCUT2D eigenvalue weighted by Gasteiger charge is 2.40. The number of imide groups is 2. The van der Waals surface area contributed by atoms with Gasteiger partial charge in [0.15, 0.2) is 0 Å². The Balaban J connectivity index is 1.94.